The minimum atomic E-state index is -4.57. The molecule has 1 saturated heterocycles. The molecular weight excluding hydrogens is 407 g/mol. The van der Waals surface area contributed by atoms with Crippen molar-refractivity contribution in [3.05, 3.63) is 40.7 Å². The third-order valence-electron chi connectivity index (χ3n) is 4.57. The first-order chi connectivity index (χ1) is 13.7. The highest BCUT2D eigenvalue weighted by molar-refractivity contribution is 7.13. The maximum Gasteiger partial charge on any atom is 0.416 e. The first-order valence-electron chi connectivity index (χ1n) is 8.98. The largest absolute Gasteiger partial charge is 0.416 e. The van der Waals surface area contributed by atoms with E-state index in [1.54, 1.807) is 11.6 Å². The summed E-state index contributed by atoms with van der Waals surface area (Å²) >= 11 is 1.29. The van der Waals surface area contributed by atoms with Crippen LogP contribution in [0.3, 0.4) is 0 Å². The number of halogens is 3. The van der Waals surface area contributed by atoms with Gasteiger partial charge in [-0.15, -0.1) is 11.3 Å². The molecule has 1 atom stereocenters. The van der Waals surface area contributed by atoms with Gasteiger partial charge in [0.15, 0.2) is 5.13 Å². The van der Waals surface area contributed by atoms with E-state index in [2.05, 4.69) is 20.6 Å². The van der Waals surface area contributed by atoms with Gasteiger partial charge in [0, 0.05) is 36.8 Å². The van der Waals surface area contributed by atoms with Crippen molar-refractivity contribution in [2.45, 2.75) is 38.5 Å². The van der Waals surface area contributed by atoms with Crippen molar-refractivity contribution >= 4 is 28.3 Å². The molecule has 2 N–H and O–H groups in total. The van der Waals surface area contributed by atoms with E-state index in [1.807, 2.05) is 4.90 Å². The number of thiazole rings is 1. The molecule has 0 bridgehead atoms. The van der Waals surface area contributed by atoms with E-state index in [-0.39, 0.29) is 36.3 Å². The molecule has 1 aliphatic heterocycles. The third-order valence-corrected chi connectivity index (χ3v) is 5.26. The average molecular weight is 427 g/mol. The van der Waals surface area contributed by atoms with Crippen LogP contribution in [0.25, 0.3) is 0 Å². The zero-order valence-electron chi connectivity index (χ0n) is 15.6. The van der Waals surface area contributed by atoms with Gasteiger partial charge in [0.2, 0.25) is 11.8 Å². The van der Waals surface area contributed by atoms with Crippen molar-refractivity contribution in [2.24, 2.45) is 0 Å². The van der Waals surface area contributed by atoms with E-state index in [4.69, 9.17) is 0 Å². The van der Waals surface area contributed by atoms with Crippen LogP contribution in [0.4, 0.5) is 18.3 Å². The summed E-state index contributed by atoms with van der Waals surface area (Å²) < 4.78 is 40.6. The Labute approximate surface area is 169 Å². The Balaban J connectivity index is 1.77. The molecule has 0 radical (unpaired) electrons. The average Bonchev–Trinajstić information content (AvgIpc) is 3.31. The SMILES string of the molecule is CC(=O)NCc1cnc([C@@H]2CCCN2CC(=O)Nc2nccs2)cc1C(F)(F)F. The molecular formula is C18H20F3N5O2S. The van der Waals surface area contributed by atoms with Crippen LogP contribution in [-0.2, 0) is 22.3 Å². The van der Waals surface area contributed by atoms with Gasteiger partial charge >= 0.3 is 6.18 Å². The first kappa shape index (κ1) is 21.2. The summed E-state index contributed by atoms with van der Waals surface area (Å²) in [5.41, 5.74) is -0.652. The maximum absolute atomic E-state index is 13.5. The van der Waals surface area contributed by atoms with Crippen LogP contribution >= 0.6 is 11.3 Å². The predicted molar refractivity (Wildman–Crippen MR) is 101 cm³/mol. The van der Waals surface area contributed by atoms with E-state index < -0.39 is 17.6 Å². The summed E-state index contributed by atoms with van der Waals surface area (Å²) in [6.07, 6.45) is -0.479. The van der Waals surface area contributed by atoms with Crippen molar-refractivity contribution in [2.75, 3.05) is 18.4 Å². The first-order valence-corrected chi connectivity index (χ1v) is 9.86. The lowest BCUT2D eigenvalue weighted by atomic mass is 10.0. The lowest BCUT2D eigenvalue weighted by Crippen LogP contribution is -2.33. The van der Waals surface area contributed by atoms with Crippen molar-refractivity contribution in [3.8, 4) is 0 Å². The Kier molecular flexibility index (Phi) is 6.48. The monoisotopic (exact) mass is 427 g/mol. The number of carbonyl (C=O) groups excluding carboxylic acids is 2. The smallest absolute Gasteiger partial charge is 0.352 e. The molecule has 3 heterocycles. The predicted octanol–water partition coefficient (Wildman–Crippen LogP) is 2.97. The number of nitrogens with one attached hydrogen (secondary N) is 2. The number of amides is 2. The summed E-state index contributed by atoms with van der Waals surface area (Å²) in [5, 5.41) is 7.26. The van der Waals surface area contributed by atoms with Gasteiger partial charge in [-0.3, -0.25) is 19.5 Å². The molecule has 2 aromatic rings. The minimum Gasteiger partial charge on any atom is -0.352 e. The second-order valence-electron chi connectivity index (χ2n) is 6.69. The molecule has 2 aromatic heterocycles. The fourth-order valence-corrected chi connectivity index (χ4v) is 3.83. The molecule has 0 spiro atoms. The van der Waals surface area contributed by atoms with Crippen LogP contribution in [0.1, 0.15) is 42.6 Å². The summed E-state index contributed by atoms with van der Waals surface area (Å²) in [6.45, 7) is 1.62. The Morgan fingerprint density at radius 2 is 2.14 bits per heavy atom. The highest BCUT2D eigenvalue weighted by Crippen LogP contribution is 2.36. The molecule has 1 aliphatic rings. The van der Waals surface area contributed by atoms with Crippen LogP contribution in [0.2, 0.25) is 0 Å². The van der Waals surface area contributed by atoms with Crippen LogP contribution in [0, 0.1) is 0 Å². The topological polar surface area (TPSA) is 87.2 Å². The number of hydrogen-bond donors (Lipinski definition) is 2. The number of anilines is 1. The minimum absolute atomic E-state index is 0.0426. The maximum atomic E-state index is 13.5. The molecule has 2 amide bonds. The van der Waals surface area contributed by atoms with E-state index in [1.165, 1.54) is 18.3 Å². The van der Waals surface area contributed by atoms with Gasteiger partial charge in [0.25, 0.3) is 0 Å². The summed E-state index contributed by atoms with van der Waals surface area (Å²) in [7, 11) is 0. The normalized spacial score (nSPS) is 17.3. The van der Waals surface area contributed by atoms with Gasteiger partial charge in [0.1, 0.15) is 0 Å². The van der Waals surface area contributed by atoms with E-state index in [9.17, 15) is 22.8 Å². The second kappa shape index (κ2) is 8.87. The summed E-state index contributed by atoms with van der Waals surface area (Å²) in [4.78, 5) is 33.3. The molecule has 156 valence electrons. The quantitative estimate of drug-likeness (QED) is 0.740. The number of likely N-dealkylation sites (tertiary alicyclic amines) is 1. The highest BCUT2D eigenvalue weighted by atomic mass is 32.1. The van der Waals surface area contributed by atoms with Crippen LogP contribution in [0.5, 0.6) is 0 Å². The van der Waals surface area contributed by atoms with Crippen molar-refractivity contribution < 1.29 is 22.8 Å². The Bertz CT molecular complexity index is 873. The molecule has 0 aromatic carbocycles. The van der Waals surface area contributed by atoms with Crippen molar-refractivity contribution in [3.63, 3.8) is 0 Å². The van der Waals surface area contributed by atoms with Crippen molar-refractivity contribution in [1.82, 2.24) is 20.2 Å². The number of hydrogen-bond acceptors (Lipinski definition) is 6. The molecule has 0 saturated carbocycles. The number of pyridine rings is 1. The van der Waals surface area contributed by atoms with Gasteiger partial charge < -0.3 is 10.6 Å². The number of aromatic nitrogens is 2. The molecule has 3 rings (SSSR count). The molecule has 1 fully saturated rings. The van der Waals surface area contributed by atoms with E-state index in [0.29, 0.717) is 18.1 Å². The lowest BCUT2D eigenvalue weighted by Gasteiger charge is -2.24. The molecule has 0 aliphatic carbocycles. The standard InChI is InChI=1S/C18H20F3N5O2S/c1-11(27)23-8-12-9-24-14(7-13(12)18(19,20)21)15-3-2-5-26(15)10-16(28)25-17-22-4-6-29-17/h4,6-7,9,15H,2-3,5,8,10H2,1H3,(H,23,27)(H,22,25,28)/t15-/m0/s1. The van der Waals surface area contributed by atoms with Crippen LogP contribution in [0.15, 0.2) is 23.8 Å². The zero-order chi connectivity index (χ0) is 21.0. The van der Waals surface area contributed by atoms with Crippen molar-refractivity contribution in [1.29, 1.82) is 0 Å². The van der Waals surface area contributed by atoms with Gasteiger partial charge in [-0.05, 0) is 25.5 Å². The number of rotatable bonds is 6. The van der Waals surface area contributed by atoms with E-state index >= 15 is 0 Å². The van der Waals surface area contributed by atoms with Crippen LogP contribution < -0.4 is 10.6 Å². The molecule has 11 heteroatoms. The second-order valence-corrected chi connectivity index (χ2v) is 7.58. The Morgan fingerprint density at radius 1 is 1.34 bits per heavy atom. The summed E-state index contributed by atoms with van der Waals surface area (Å²) in [5.74, 6) is -0.694. The van der Waals surface area contributed by atoms with Gasteiger partial charge in [0.05, 0.1) is 23.8 Å². The molecule has 29 heavy (non-hydrogen) atoms. The number of alkyl halides is 3. The fourth-order valence-electron chi connectivity index (χ4n) is 3.29. The molecule has 0 unspecified atom stereocenters. The fraction of sp³-hybridized carbons (Fsp3) is 0.444. The highest BCUT2D eigenvalue weighted by Gasteiger charge is 2.36. The van der Waals surface area contributed by atoms with Gasteiger partial charge in [-0.25, -0.2) is 4.98 Å². The Hall–Kier alpha value is -2.53. The van der Waals surface area contributed by atoms with E-state index in [0.717, 1.165) is 18.7 Å². The number of carbonyl (C=O) groups is 2. The van der Waals surface area contributed by atoms with Gasteiger partial charge in [-0.1, -0.05) is 0 Å². The molecule has 7 nitrogen and oxygen atoms in total. The van der Waals surface area contributed by atoms with Crippen LogP contribution in [-0.4, -0.2) is 39.8 Å². The third kappa shape index (κ3) is 5.51. The number of nitrogens with zero attached hydrogens (tertiary/aromatic N) is 3. The lowest BCUT2D eigenvalue weighted by molar-refractivity contribution is -0.138. The van der Waals surface area contributed by atoms with Gasteiger partial charge in [-0.2, -0.15) is 13.2 Å². The zero-order valence-corrected chi connectivity index (χ0v) is 16.4. The Morgan fingerprint density at radius 3 is 2.79 bits per heavy atom. The summed E-state index contributed by atoms with van der Waals surface area (Å²) in [6, 6.07) is 0.645.